The first-order chi connectivity index (χ1) is 8.74. The second kappa shape index (κ2) is 9.29. The molecule has 0 aliphatic carbocycles. The highest BCUT2D eigenvalue weighted by Gasteiger charge is 2.03. The van der Waals surface area contributed by atoms with Crippen molar-refractivity contribution < 1.29 is 4.74 Å². The Balaban J connectivity index is 2.40. The lowest BCUT2D eigenvalue weighted by Gasteiger charge is -2.12. The average Bonchev–Trinajstić information content (AvgIpc) is 2.36. The third-order valence-corrected chi connectivity index (χ3v) is 3.39. The van der Waals surface area contributed by atoms with Crippen LogP contribution < -0.4 is 10.1 Å². The van der Waals surface area contributed by atoms with E-state index in [0.29, 0.717) is 5.92 Å². The molecule has 0 radical (unpaired) electrons. The summed E-state index contributed by atoms with van der Waals surface area (Å²) in [6.07, 6.45) is 0. The Bertz CT molecular complexity index is 328. The number of hydrogen-bond donors (Lipinski definition) is 1. The van der Waals surface area contributed by atoms with Gasteiger partial charge in [0.05, 0.1) is 6.61 Å². The van der Waals surface area contributed by atoms with Gasteiger partial charge in [0.1, 0.15) is 5.75 Å². The molecule has 1 N–H and O–H groups in total. The molecule has 0 aliphatic rings. The van der Waals surface area contributed by atoms with Crippen LogP contribution in [0.25, 0.3) is 0 Å². The lowest BCUT2D eigenvalue weighted by atomic mass is 10.2. The number of rotatable bonds is 9. The molecule has 0 spiro atoms. The molecule has 1 aromatic carbocycles. The van der Waals surface area contributed by atoms with Crippen LogP contribution in [0.3, 0.4) is 0 Å². The van der Waals surface area contributed by atoms with Crippen LogP contribution in [0.1, 0.15) is 26.3 Å². The Kier molecular flexibility index (Phi) is 7.94. The van der Waals surface area contributed by atoms with E-state index in [0.717, 1.165) is 37.0 Å². The van der Waals surface area contributed by atoms with Crippen molar-refractivity contribution in [3.05, 3.63) is 29.8 Å². The van der Waals surface area contributed by atoms with Gasteiger partial charge in [0.15, 0.2) is 0 Å². The Labute approximate surface area is 116 Å². The van der Waals surface area contributed by atoms with Crippen LogP contribution in [0.15, 0.2) is 24.3 Å². The Morgan fingerprint density at radius 3 is 2.78 bits per heavy atom. The van der Waals surface area contributed by atoms with Gasteiger partial charge in [0.25, 0.3) is 0 Å². The summed E-state index contributed by atoms with van der Waals surface area (Å²) in [6.45, 7) is 9.33. The molecule has 0 saturated heterocycles. The van der Waals surface area contributed by atoms with E-state index < -0.39 is 0 Å². The van der Waals surface area contributed by atoms with Crippen molar-refractivity contribution >= 4 is 11.8 Å². The molecule has 0 unspecified atom stereocenters. The van der Waals surface area contributed by atoms with Gasteiger partial charge in [-0.3, -0.25) is 0 Å². The molecule has 0 amide bonds. The van der Waals surface area contributed by atoms with Gasteiger partial charge in [0, 0.05) is 17.9 Å². The molecular weight excluding hydrogens is 242 g/mol. The maximum absolute atomic E-state index is 5.84. The van der Waals surface area contributed by atoms with Crippen LogP contribution in [0.2, 0.25) is 0 Å². The topological polar surface area (TPSA) is 21.3 Å². The highest BCUT2D eigenvalue weighted by molar-refractivity contribution is 7.99. The summed E-state index contributed by atoms with van der Waals surface area (Å²) in [7, 11) is 0. The SMILES string of the molecule is CCSCCOc1ccccc1CNCC(C)C. The van der Waals surface area contributed by atoms with Crippen LogP contribution in [0.4, 0.5) is 0 Å². The van der Waals surface area contributed by atoms with E-state index in [1.165, 1.54) is 5.56 Å². The number of hydrogen-bond acceptors (Lipinski definition) is 3. The van der Waals surface area contributed by atoms with Crippen LogP contribution in [0, 0.1) is 5.92 Å². The van der Waals surface area contributed by atoms with Gasteiger partial charge in [-0.15, -0.1) is 0 Å². The van der Waals surface area contributed by atoms with Gasteiger partial charge in [-0.2, -0.15) is 11.8 Å². The summed E-state index contributed by atoms with van der Waals surface area (Å²) in [5, 5.41) is 3.46. The van der Waals surface area contributed by atoms with E-state index in [1.54, 1.807) is 0 Å². The smallest absolute Gasteiger partial charge is 0.123 e. The fourth-order valence-corrected chi connectivity index (χ4v) is 2.13. The zero-order valence-electron chi connectivity index (χ0n) is 11.7. The molecule has 0 aromatic heterocycles. The molecule has 102 valence electrons. The first kappa shape index (κ1) is 15.4. The van der Waals surface area contributed by atoms with E-state index in [4.69, 9.17) is 4.74 Å². The molecule has 1 aromatic rings. The lowest BCUT2D eigenvalue weighted by Crippen LogP contribution is -2.19. The number of ether oxygens (including phenoxy) is 1. The minimum Gasteiger partial charge on any atom is -0.492 e. The highest BCUT2D eigenvalue weighted by atomic mass is 32.2. The number of benzene rings is 1. The van der Waals surface area contributed by atoms with Gasteiger partial charge in [-0.25, -0.2) is 0 Å². The molecule has 0 aliphatic heterocycles. The monoisotopic (exact) mass is 267 g/mol. The third kappa shape index (κ3) is 6.31. The molecule has 0 bridgehead atoms. The van der Waals surface area contributed by atoms with E-state index >= 15 is 0 Å². The maximum Gasteiger partial charge on any atom is 0.123 e. The van der Waals surface area contributed by atoms with E-state index in [-0.39, 0.29) is 0 Å². The van der Waals surface area contributed by atoms with Crippen molar-refractivity contribution in [1.82, 2.24) is 5.32 Å². The van der Waals surface area contributed by atoms with Gasteiger partial charge >= 0.3 is 0 Å². The molecule has 0 atom stereocenters. The second-order valence-electron chi connectivity index (χ2n) is 4.68. The quantitative estimate of drug-likeness (QED) is 0.691. The Hall–Kier alpha value is -0.670. The summed E-state index contributed by atoms with van der Waals surface area (Å²) in [5.74, 6) is 3.91. The third-order valence-electron chi connectivity index (χ3n) is 2.53. The predicted molar refractivity (Wildman–Crippen MR) is 81.5 cm³/mol. The predicted octanol–water partition coefficient (Wildman–Crippen LogP) is 3.56. The van der Waals surface area contributed by atoms with Gasteiger partial charge in [-0.1, -0.05) is 39.0 Å². The van der Waals surface area contributed by atoms with Crippen LogP contribution in [-0.2, 0) is 6.54 Å². The lowest BCUT2D eigenvalue weighted by molar-refractivity contribution is 0.339. The van der Waals surface area contributed by atoms with E-state index in [1.807, 2.05) is 17.8 Å². The van der Waals surface area contributed by atoms with Crippen molar-refractivity contribution in [1.29, 1.82) is 0 Å². The zero-order valence-corrected chi connectivity index (χ0v) is 12.6. The number of thioether (sulfide) groups is 1. The fraction of sp³-hybridized carbons (Fsp3) is 0.600. The second-order valence-corrected chi connectivity index (χ2v) is 6.07. The van der Waals surface area contributed by atoms with E-state index in [9.17, 15) is 0 Å². The Morgan fingerprint density at radius 1 is 1.28 bits per heavy atom. The largest absolute Gasteiger partial charge is 0.492 e. The minimum absolute atomic E-state index is 0.680. The molecule has 2 nitrogen and oxygen atoms in total. The molecule has 18 heavy (non-hydrogen) atoms. The van der Waals surface area contributed by atoms with Crippen molar-refractivity contribution in [3.63, 3.8) is 0 Å². The highest BCUT2D eigenvalue weighted by Crippen LogP contribution is 2.18. The minimum atomic E-state index is 0.680. The van der Waals surface area contributed by atoms with Gasteiger partial charge in [-0.05, 0) is 24.3 Å². The zero-order chi connectivity index (χ0) is 13.2. The molecule has 1 rings (SSSR count). The van der Waals surface area contributed by atoms with Crippen molar-refractivity contribution in [3.8, 4) is 5.75 Å². The fourth-order valence-electron chi connectivity index (χ4n) is 1.64. The maximum atomic E-state index is 5.84. The van der Waals surface area contributed by atoms with Crippen molar-refractivity contribution in [2.45, 2.75) is 27.3 Å². The summed E-state index contributed by atoms with van der Waals surface area (Å²) in [5.41, 5.74) is 1.25. The van der Waals surface area contributed by atoms with Gasteiger partial charge in [0.2, 0.25) is 0 Å². The number of nitrogens with one attached hydrogen (secondary N) is 1. The van der Waals surface area contributed by atoms with Crippen LogP contribution in [0.5, 0.6) is 5.75 Å². The summed E-state index contributed by atoms with van der Waals surface area (Å²) in [6, 6.07) is 8.30. The van der Waals surface area contributed by atoms with Crippen LogP contribution >= 0.6 is 11.8 Å². The molecule has 3 heteroatoms. The molecule has 0 fully saturated rings. The van der Waals surface area contributed by atoms with Crippen molar-refractivity contribution in [2.24, 2.45) is 5.92 Å². The molecule has 0 saturated carbocycles. The van der Waals surface area contributed by atoms with Gasteiger partial charge < -0.3 is 10.1 Å². The number of para-hydroxylation sites is 1. The summed E-state index contributed by atoms with van der Waals surface area (Å²) < 4.78 is 5.84. The standard InChI is InChI=1S/C15H25NOS/c1-4-18-10-9-17-15-8-6-5-7-14(15)12-16-11-13(2)3/h5-8,13,16H,4,9-12H2,1-3H3. The normalized spacial score (nSPS) is 10.9. The average molecular weight is 267 g/mol. The summed E-state index contributed by atoms with van der Waals surface area (Å²) >= 11 is 1.91. The van der Waals surface area contributed by atoms with Crippen molar-refractivity contribution in [2.75, 3.05) is 24.7 Å². The summed E-state index contributed by atoms with van der Waals surface area (Å²) in [4.78, 5) is 0. The van der Waals surface area contributed by atoms with Crippen LogP contribution in [-0.4, -0.2) is 24.7 Å². The first-order valence-electron chi connectivity index (χ1n) is 6.73. The molecule has 0 heterocycles. The first-order valence-corrected chi connectivity index (χ1v) is 7.88. The Morgan fingerprint density at radius 2 is 2.06 bits per heavy atom. The van der Waals surface area contributed by atoms with E-state index in [2.05, 4.69) is 44.3 Å². The molecular formula is C15H25NOS.